The highest BCUT2D eigenvalue weighted by atomic mass is 16.4. The van der Waals surface area contributed by atoms with Gasteiger partial charge in [-0.3, -0.25) is 4.79 Å². The van der Waals surface area contributed by atoms with Crippen LogP contribution < -0.4 is 4.90 Å². The lowest BCUT2D eigenvalue weighted by atomic mass is 10.2. The summed E-state index contributed by atoms with van der Waals surface area (Å²) < 4.78 is 5.66. The van der Waals surface area contributed by atoms with E-state index in [0.29, 0.717) is 43.7 Å². The van der Waals surface area contributed by atoms with Gasteiger partial charge < -0.3 is 14.2 Å². The number of amides is 1. The first-order chi connectivity index (χ1) is 13.3. The van der Waals surface area contributed by atoms with Gasteiger partial charge in [0.05, 0.1) is 0 Å². The molecular weight excluding hydrogens is 344 g/mol. The van der Waals surface area contributed by atoms with E-state index >= 15 is 0 Å². The Labute approximate surface area is 156 Å². The molecule has 0 unspecified atom stereocenters. The smallest absolute Gasteiger partial charge is 0.247 e. The van der Waals surface area contributed by atoms with Gasteiger partial charge in [0, 0.05) is 57.0 Å². The molecule has 0 spiro atoms. The van der Waals surface area contributed by atoms with E-state index in [9.17, 15) is 4.79 Å². The third kappa shape index (κ3) is 4.11. The van der Waals surface area contributed by atoms with Gasteiger partial charge in [0.2, 0.25) is 23.6 Å². The number of hydrogen-bond acceptors (Lipinski definition) is 7. The molecule has 1 aliphatic heterocycles. The van der Waals surface area contributed by atoms with Crippen molar-refractivity contribution in [2.75, 3.05) is 31.1 Å². The number of piperazine rings is 1. The average Bonchev–Trinajstić information content (AvgIpc) is 3.22. The fourth-order valence-electron chi connectivity index (χ4n) is 3.03. The number of carbonyl (C=O) groups is 1. The molecule has 1 fully saturated rings. The van der Waals surface area contributed by atoms with Gasteiger partial charge in [0.25, 0.3) is 0 Å². The number of anilines is 1. The van der Waals surface area contributed by atoms with Gasteiger partial charge in [0.15, 0.2) is 0 Å². The molecule has 0 bridgehead atoms. The maximum absolute atomic E-state index is 12.5. The summed E-state index contributed by atoms with van der Waals surface area (Å²) in [5.41, 5.74) is 0.877. The lowest BCUT2D eigenvalue weighted by Gasteiger charge is -2.34. The zero-order valence-corrected chi connectivity index (χ0v) is 14.9. The van der Waals surface area contributed by atoms with E-state index in [0.717, 1.165) is 18.7 Å². The zero-order chi connectivity index (χ0) is 18.5. The Bertz CT molecular complexity index is 875. The van der Waals surface area contributed by atoms with Crippen LogP contribution in [0.2, 0.25) is 0 Å². The summed E-state index contributed by atoms with van der Waals surface area (Å²) in [6.45, 7) is 2.79. The second kappa shape index (κ2) is 7.94. The molecule has 4 rings (SSSR count). The molecule has 1 aromatic carbocycles. The van der Waals surface area contributed by atoms with Crippen LogP contribution in [-0.2, 0) is 11.2 Å². The van der Waals surface area contributed by atoms with Gasteiger partial charge in [-0.1, -0.05) is 18.2 Å². The van der Waals surface area contributed by atoms with Gasteiger partial charge >= 0.3 is 0 Å². The molecule has 138 valence electrons. The highest BCUT2D eigenvalue weighted by Crippen LogP contribution is 2.18. The van der Waals surface area contributed by atoms with Crippen LogP contribution in [-0.4, -0.2) is 57.2 Å². The highest BCUT2D eigenvalue weighted by molar-refractivity contribution is 5.76. The molecule has 8 heteroatoms. The summed E-state index contributed by atoms with van der Waals surface area (Å²) in [4.78, 5) is 25.0. The van der Waals surface area contributed by atoms with Gasteiger partial charge in [-0.25, -0.2) is 9.97 Å². The van der Waals surface area contributed by atoms with Crippen molar-refractivity contribution in [2.24, 2.45) is 0 Å². The van der Waals surface area contributed by atoms with E-state index in [1.54, 1.807) is 18.5 Å². The Morgan fingerprint density at radius 2 is 1.70 bits per heavy atom. The second-order valence-corrected chi connectivity index (χ2v) is 6.28. The molecule has 1 amide bonds. The minimum absolute atomic E-state index is 0.100. The first-order valence-corrected chi connectivity index (χ1v) is 8.97. The standard InChI is InChI=1S/C19H20N6O2/c26-17(24-11-13-25(14-12-24)19-20-9-4-10-21-19)8-7-16-22-23-18(27-16)15-5-2-1-3-6-15/h1-6,9-10H,7-8,11-14H2. The molecule has 0 saturated carbocycles. The summed E-state index contributed by atoms with van der Waals surface area (Å²) in [5.74, 6) is 1.78. The molecule has 0 radical (unpaired) electrons. The largest absolute Gasteiger partial charge is 0.421 e. The van der Waals surface area contributed by atoms with Gasteiger partial charge in [-0.2, -0.15) is 0 Å². The second-order valence-electron chi connectivity index (χ2n) is 6.28. The van der Waals surface area contributed by atoms with Crippen LogP contribution in [0.4, 0.5) is 5.95 Å². The van der Waals surface area contributed by atoms with E-state index in [1.165, 1.54) is 0 Å². The van der Waals surface area contributed by atoms with Crippen LogP contribution in [0.3, 0.4) is 0 Å². The maximum atomic E-state index is 12.5. The summed E-state index contributed by atoms with van der Waals surface area (Å²) >= 11 is 0. The van der Waals surface area contributed by atoms with Crippen molar-refractivity contribution in [3.05, 3.63) is 54.7 Å². The molecule has 3 aromatic rings. The molecule has 8 nitrogen and oxygen atoms in total. The molecule has 3 heterocycles. The van der Waals surface area contributed by atoms with E-state index in [2.05, 4.69) is 25.1 Å². The fourth-order valence-corrected chi connectivity index (χ4v) is 3.03. The lowest BCUT2D eigenvalue weighted by Crippen LogP contribution is -2.49. The topological polar surface area (TPSA) is 88.3 Å². The van der Waals surface area contributed by atoms with Crippen molar-refractivity contribution in [3.8, 4) is 11.5 Å². The Morgan fingerprint density at radius 1 is 0.963 bits per heavy atom. The molecule has 0 atom stereocenters. The van der Waals surface area contributed by atoms with Crippen molar-refractivity contribution in [1.82, 2.24) is 25.1 Å². The predicted molar refractivity (Wildman–Crippen MR) is 98.9 cm³/mol. The van der Waals surface area contributed by atoms with E-state index < -0.39 is 0 Å². The highest BCUT2D eigenvalue weighted by Gasteiger charge is 2.22. The average molecular weight is 364 g/mol. The van der Waals surface area contributed by atoms with Crippen LogP contribution in [0.15, 0.2) is 53.2 Å². The van der Waals surface area contributed by atoms with Crippen molar-refractivity contribution in [2.45, 2.75) is 12.8 Å². The van der Waals surface area contributed by atoms with Gasteiger partial charge in [-0.15, -0.1) is 10.2 Å². The van der Waals surface area contributed by atoms with E-state index in [4.69, 9.17) is 4.42 Å². The van der Waals surface area contributed by atoms with Crippen LogP contribution >= 0.6 is 0 Å². The van der Waals surface area contributed by atoms with Crippen LogP contribution in [0.5, 0.6) is 0 Å². The zero-order valence-electron chi connectivity index (χ0n) is 14.9. The first-order valence-electron chi connectivity index (χ1n) is 8.97. The molecule has 1 aliphatic rings. The number of hydrogen-bond donors (Lipinski definition) is 0. The Balaban J connectivity index is 1.27. The fraction of sp³-hybridized carbons (Fsp3) is 0.316. The number of rotatable bonds is 5. The number of benzene rings is 1. The summed E-state index contributed by atoms with van der Waals surface area (Å²) in [6, 6.07) is 11.4. The predicted octanol–water partition coefficient (Wildman–Crippen LogP) is 1.81. The Kier molecular flexibility index (Phi) is 5.04. The summed E-state index contributed by atoms with van der Waals surface area (Å²) in [5, 5.41) is 8.11. The van der Waals surface area contributed by atoms with Crippen molar-refractivity contribution in [3.63, 3.8) is 0 Å². The van der Waals surface area contributed by atoms with E-state index in [-0.39, 0.29) is 5.91 Å². The third-order valence-electron chi connectivity index (χ3n) is 4.51. The van der Waals surface area contributed by atoms with Gasteiger partial charge in [0.1, 0.15) is 0 Å². The minimum Gasteiger partial charge on any atom is -0.421 e. The molecule has 0 aliphatic carbocycles. The number of aromatic nitrogens is 4. The van der Waals surface area contributed by atoms with E-state index in [1.807, 2.05) is 35.2 Å². The molecule has 1 saturated heterocycles. The normalized spacial score (nSPS) is 14.4. The van der Waals surface area contributed by atoms with Crippen molar-refractivity contribution < 1.29 is 9.21 Å². The molecule has 27 heavy (non-hydrogen) atoms. The SMILES string of the molecule is O=C(CCc1nnc(-c2ccccc2)o1)N1CCN(c2ncccn2)CC1. The summed E-state index contributed by atoms with van der Waals surface area (Å²) in [7, 11) is 0. The van der Waals surface area contributed by atoms with Crippen molar-refractivity contribution in [1.29, 1.82) is 0 Å². The van der Waals surface area contributed by atoms with Crippen molar-refractivity contribution >= 4 is 11.9 Å². The third-order valence-corrected chi connectivity index (χ3v) is 4.51. The number of carbonyl (C=O) groups excluding carboxylic acids is 1. The van der Waals surface area contributed by atoms with Gasteiger partial charge in [-0.05, 0) is 18.2 Å². The summed E-state index contributed by atoms with van der Waals surface area (Å²) in [6.07, 6.45) is 4.26. The quantitative estimate of drug-likeness (QED) is 0.682. The molecule has 0 N–H and O–H groups in total. The minimum atomic E-state index is 0.100. The lowest BCUT2D eigenvalue weighted by molar-refractivity contribution is -0.131. The Hall–Kier alpha value is -3.29. The van der Waals surface area contributed by atoms with Crippen LogP contribution in [0, 0.1) is 0 Å². The monoisotopic (exact) mass is 364 g/mol. The molecule has 2 aromatic heterocycles. The molecular formula is C19H20N6O2. The number of aryl methyl sites for hydroxylation is 1. The Morgan fingerprint density at radius 3 is 2.44 bits per heavy atom. The number of nitrogens with zero attached hydrogens (tertiary/aromatic N) is 6. The van der Waals surface area contributed by atoms with Crippen LogP contribution in [0.25, 0.3) is 11.5 Å². The van der Waals surface area contributed by atoms with Crippen LogP contribution in [0.1, 0.15) is 12.3 Å². The maximum Gasteiger partial charge on any atom is 0.247 e. The first kappa shape index (κ1) is 17.1.